The number of nitrogens with one attached hydrogen (secondary N) is 1. The quantitative estimate of drug-likeness (QED) is 0.352. The summed E-state index contributed by atoms with van der Waals surface area (Å²) in [6, 6.07) is 22.1. The molecule has 0 saturated heterocycles. The van der Waals surface area contributed by atoms with Crippen molar-refractivity contribution in [1.82, 2.24) is 15.0 Å². The number of fused-ring (bicyclic) bond motifs is 2. The molecule has 2 aromatic heterocycles. The van der Waals surface area contributed by atoms with Crippen molar-refractivity contribution in [2.75, 3.05) is 13.7 Å². The van der Waals surface area contributed by atoms with Crippen LogP contribution in [-0.4, -0.2) is 28.7 Å². The number of hydrogen-bond donors (Lipinski definition) is 1. The van der Waals surface area contributed by atoms with Crippen molar-refractivity contribution in [1.29, 1.82) is 0 Å². The lowest BCUT2D eigenvalue weighted by molar-refractivity contribution is 0.311. The van der Waals surface area contributed by atoms with Crippen molar-refractivity contribution >= 4 is 44.2 Å². The summed E-state index contributed by atoms with van der Waals surface area (Å²) in [7, 11) is 1.65. The van der Waals surface area contributed by atoms with Gasteiger partial charge in [0.05, 0.1) is 40.5 Å². The van der Waals surface area contributed by atoms with E-state index in [1.807, 2.05) is 67.6 Å². The molecule has 0 fully saturated rings. The molecule has 6 heteroatoms. The summed E-state index contributed by atoms with van der Waals surface area (Å²) in [6.45, 7) is 2.54. The molecule has 2 heterocycles. The van der Waals surface area contributed by atoms with Crippen LogP contribution in [0.2, 0.25) is 0 Å². The summed E-state index contributed by atoms with van der Waals surface area (Å²) >= 11 is 1.66. The molecule has 154 valence electrons. The Morgan fingerprint density at radius 3 is 2.55 bits per heavy atom. The number of thiazole rings is 1. The second-order valence-corrected chi connectivity index (χ2v) is 8.02. The second-order valence-electron chi connectivity index (χ2n) is 6.99. The zero-order valence-corrected chi connectivity index (χ0v) is 18.1. The standard InChI is InChI=1S/C25H21N3O2S/c1-3-30-21-13-12-16(15-22(21)29-2)14-17(24-26-18-8-4-5-9-19(18)27-24)25-28-20-10-6-7-11-23(20)31-25/h4-15H,3H2,1-2H3,(H,26,27)/b17-14+. The normalized spacial score (nSPS) is 11.9. The van der Waals surface area contributed by atoms with Crippen LogP contribution in [0.3, 0.4) is 0 Å². The van der Waals surface area contributed by atoms with Crippen LogP contribution >= 0.6 is 11.3 Å². The Hall–Kier alpha value is -3.64. The third-order valence-corrected chi connectivity index (χ3v) is 6.04. The molecule has 0 aliphatic rings. The fourth-order valence-corrected chi connectivity index (χ4v) is 4.50. The van der Waals surface area contributed by atoms with E-state index in [-0.39, 0.29) is 0 Å². The first-order valence-corrected chi connectivity index (χ1v) is 10.9. The highest BCUT2D eigenvalue weighted by Crippen LogP contribution is 2.34. The zero-order chi connectivity index (χ0) is 21.2. The lowest BCUT2D eigenvalue weighted by Crippen LogP contribution is -1.96. The van der Waals surface area contributed by atoms with E-state index in [2.05, 4.69) is 17.1 Å². The number of benzene rings is 3. The predicted molar refractivity (Wildman–Crippen MR) is 127 cm³/mol. The minimum atomic E-state index is 0.585. The average molecular weight is 428 g/mol. The van der Waals surface area contributed by atoms with E-state index in [0.717, 1.165) is 49.0 Å². The number of ether oxygens (including phenoxy) is 2. The third-order valence-electron chi connectivity index (χ3n) is 4.97. The molecule has 3 aromatic carbocycles. The molecular formula is C25H21N3O2S. The monoisotopic (exact) mass is 427 g/mol. The Balaban J connectivity index is 1.68. The van der Waals surface area contributed by atoms with Gasteiger partial charge in [-0.25, -0.2) is 9.97 Å². The molecule has 5 rings (SSSR count). The van der Waals surface area contributed by atoms with Crippen molar-refractivity contribution in [3.8, 4) is 11.5 Å². The maximum absolute atomic E-state index is 5.66. The molecule has 0 aliphatic carbocycles. The summed E-state index contributed by atoms with van der Waals surface area (Å²) in [6.07, 6.45) is 2.09. The van der Waals surface area contributed by atoms with Gasteiger partial charge in [-0.2, -0.15) is 0 Å². The lowest BCUT2D eigenvalue weighted by atomic mass is 10.1. The Kier molecular flexibility index (Phi) is 5.14. The van der Waals surface area contributed by atoms with E-state index >= 15 is 0 Å². The van der Waals surface area contributed by atoms with E-state index in [9.17, 15) is 0 Å². The lowest BCUT2D eigenvalue weighted by Gasteiger charge is -2.10. The molecule has 0 unspecified atom stereocenters. The van der Waals surface area contributed by atoms with Crippen LogP contribution in [0.25, 0.3) is 32.9 Å². The van der Waals surface area contributed by atoms with Crippen LogP contribution < -0.4 is 9.47 Å². The van der Waals surface area contributed by atoms with Crippen LogP contribution in [-0.2, 0) is 0 Å². The van der Waals surface area contributed by atoms with Gasteiger partial charge in [-0.15, -0.1) is 11.3 Å². The summed E-state index contributed by atoms with van der Waals surface area (Å²) < 4.78 is 12.3. The number of para-hydroxylation sites is 3. The van der Waals surface area contributed by atoms with Gasteiger partial charge in [0.1, 0.15) is 10.8 Å². The zero-order valence-electron chi connectivity index (χ0n) is 17.3. The maximum atomic E-state index is 5.66. The molecular weight excluding hydrogens is 406 g/mol. The fourth-order valence-electron chi connectivity index (χ4n) is 3.51. The van der Waals surface area contributed by atoms with Gasteiger partial charge in [0.25, 0.3) is 0 Å². The highest BCUT2D eigenvalue weighted by atomic mass is 32.1. The Morgan fingerprint density at radius 1 is 0.968 bits per heavy atom. The number of imidazole rings is 1. The molecule has 0 saturated carbocycles. The predicted octanol–water partition coefficient (Wildman–Crippen LogP) is 6.17. The second kappa shape index (κ2) is 8.24. The Labute approximate surface area is 184 Å². The number of aromatic nitrogens is 3. The first kappa shape index (κ1) is 19.3. The van der Waals surface area contributed by atoms with Gasteiger partial charge in [0.2, 0.25) is 0 Å². The summed E-state index contributed by atoms with van der Waals surface area (Å²) in [4.78, 5) is 13.2. The van der Waals surface area contributed by atoms with E-state index in [1.54, 1.807) is 18.4 Å². The molecule has 0 bridgehead atoms. The largest absolute Gasteiger partial charge is 0.493 e. The molecule has 0 spiro atoms. The Morgan fingerprint density at radius 2 is 1.77 bits per heavy atom. The average Bonchev–Trinajstić information content (AvgIpc) is 3.42. The van der Waals surface area contributed by atoms with Gasteiger partial charge in [-0.1, -0.05) is 30.3 Å². The SMILES string of the molecule is CCOc1ccc(/C=C(\c2nc3ccccc3[nH]2)c2nc3ccccc3s2)cc1OC. The maximum Gasteiger partial charge on any atom is 0.161 e. The van der Waals surface area contributed by atoms with Crippen molar-refractivity contribution in [3.63, 3.8) is 0 Å². The minimum absolute atomic E-state index is 0.585. The van der Waals surface area contributed by atoms with Crippen LogP contribution in [0.5, 0.6) is 11.5 Å². The van der Waals surface area contributed by atoms with Crippen LogP contribution in [0.15, 0.2) is 66.7 Å². The van der Waals surface area contributed by atoms with Crippen molar-refractivity contribution < 1.29 is 9.47 Å². The molecule has 31 heavy (non-hydrogen) atoms. The number of aromatic amines is 1. The molecule has 5 nitrogen and oxygen atoms in total. The van der Waals surface area contributed by atoms with Gasteiger partial charge in [-0.05, 0) is 55.0 Å². The van der Waals surface area contributed by atoms with Crippen LogP contribution in [0.4, 0.5) is 0 Å². The van der Waals surface area contributed by atoms with E-state index in [1.165, 1.54) is 0 Å². The van der Waals surface area contributed by atoms with Gasteiger partial charge in [0.15, 0.2) is 11.5 Å². The van der Waals surface area contributed by atoms with Crippen LogP contribution in [0, 0.1) is 0 Å². The van der Waals surface area contributed by atoms with Gasteiger partial charge in [0, 0.05) is 0 Å². The molecule has 0 amide bonds. The summed E-state index contributed by atoms with van der Waals surface area (Å²) in [5.41, 5.74) is 4.81. The van der Waals surface area contributed by atoms with Gasteiger partial charge in [-0.3, -0.25) is 0 Å². The van der Waals surface area contributed by atoms with Gasteiger partial charge < -0.3 is 14.5 Å². The molecule has 0 aliphatic heterocycles. The number of H-pyrrole nitrogens is 1. The smallest absolute Gasteiger partial charge is 0.161 e. The number of rotatable bonds is 6. The van der Waals surface area contributed by atoms with E-state index < -0.39 is 0 Å². The molecule has 0 atom stereocenters. The first-order chi connectivity index (χ1) is 15.2. The molecule has 5 aromatic rings. The number of methoxy groups -OCH3 is 1. The van der Waals surface area contributed by atoms with E-state index in [0.29, 0.717) is 12.4 Å². The highest BCUT2D eigenvalue weighted by Gasteiger charge is 2.16. The Bertz CT molecular complexity index is 1260. The minimum Gasteiger partial charge on any atom is -0.493 e. The third kappa shape index (κ3) is 3.78. The number of hydrogen-bond acceptors (Lipinski definition) is 5. The fraction of sp³-hybridized carbons (Fsp3) is 0.120. The summed E-state index contributed by atoms with van der Waals surface area (Å²) in [5, 5.41) is 0.910. The summed E-state index contributed by atoms with van der Waals surface area (Å²) in [5.74, 6) is 2.21. The van der Waals surface area contributed by atoms with Crippen LogP contribution in [0.1, 0.15) is 23.3 Å². The number of nitrogens with zero attached hydrogens (tertiary/aromatic N) is 2. The highest BCUT2D eigenvalue weighted by molar-refractivity contribution is 7.19. The van der Waals surface area contributed by atoms with Crippen molar-refractivity contribution in [2.45, 2.75) is 6.92 Å². The molecule has 0 radical (unpaired) electrons. The van der Waals surface area contributed by atoms with Crippen molar-refractivity contribution in [2.24, 2.45) is 0 Å². The molecule has 1 N–H and O–H groups in total. The topological polar surface area (TPSA) is 60.0 Å². The van der Waals surface area contributed by atoms with Gasteiger partial charge >= 0.3 is 0 Å². The van der Waals surface area contributed by atoms with Crippen molar-refractivity contribution in [3.05, 3.63) is 83.1 Å². The van der Waals surface area contributed by atoms with E-state index in [4.69, 9.17) is 19.4 Å². The first-order valence-electron chi connectivity index (χ1n) is 10.1.